The van der Waals surface area contributed by atoms with Crippen LogP contribution in [0.3, 0.4) is 0 Å². The number of nitrogens with zero attached hydrogens (tertiary/aromatic N) is 3. The highest BCUT2D eigenvalue weighted by Gasteiger charge is 2.25. The third-order valence-electron chi connectivity index (χ3n) is 3.89. The molecule has 1 aliphatic heterocycles. The molecule has 3 rings (SSSR count). The predicted molar refractivity (Wildman–Crippen MR) is 99.9 cm³/mol. The lowest BCUT2D eigenvalue weighted by Crippen LogP contribution is -2.49. The van der Waals surface area contributed by atoms with E-state index in [1.807, 2.05) is 38.3 Å². The molecule has 1 unspecified atom stereocenters. The SMILES string of the molecule is CC(C)(C)OC(=O)NC1CCCN(c2cc(-c3cccs3)ncn2)C1. The van der Waals surface area contributed by atoms with Crippen LogP contribution in [0.2, 0.25) is 0 Å². The number of nitrogens with one attached hydrogen (secondary N) is 1. The summed E-state index contributed by atoms with van der Waals surface area (Å²) in [5, 5.41) is 5.01. The Labute approximate surface area is 152 Å². The number of amides is 1. The van der Waals surface area contributed by atoms with Gasteiger partial charge in [-0.15, -0.1) is 11.3 Å². The molecule has 1 atom stereocenters. The Kier molecular flexibility index (Phi) is 5.22. The minimum Gasteiger partial charge on any atom is -0.444 e. The maximum atomic E-state index is 12.0. The average Bonchev–Trinajstić information content (AvgIpc) is 3.08. The number of ether oxygens (including phenoxy) is 1. The summed E-state index contributed by atoms with van der Waals surface area (Å²) in [6.45, 7) is 7.25. The van der Waals surface area contributed by atoms with Gasteiger partial charge in [-0.1, -0.05) is 6.07 Å². The van der Waals surface area contributed by atoms with Crippen LogP contribution in [0.15, 0.2) is 29.9 Å². The molecule has 2 aromatic rings. The van der Waals surface area contributed by atoms with Crippen LogP contribution in [0.4, 0.5) is 10.6 Å². The Hall–Kier alpha value is -2.15. The number of carbonyl (C=O) groups excluding carboxylic acids is 1. The zero-order valence-corrected chi connectivity index (χ0v) is 15.7. The van der Waals surface area contributed by atoms with Gasteiger partial charge in [0, 0.05) is 25.2 Å². The molecule has 134 valence electrons. The van der Waals surface area contributed by atoms with Gasteiger partial charge in [0.1, 0.15) is 17.7 Å². The van der Waals surface area contributed by atoms with Crippen molar-refractivity contribution in [3.63, 3.8) is 0 Å². The number of carbonyl (C=O) groups is 1. The van der Waals surface area contributed by atoms with Crippen LogP contribution in [0.1, 0.15) is 33.6 Å². The van der Waals surface area contributed by atoms with Crippen LogP contribution < -0.4 is 10.2 Å². The Balaban J connectivity index is 1.65. The summed E-state index contributed by atoms with van der Waals surface area (Å²) in [6, 6.07) is 6.15. The van der Waals surface area contributed by atoms with Crippen LogP contribution in [0, 0.1) is 0 Å². The van der Waals surface area contributed by atoms with Crippen LogP contribution >= 0.6 is 11.3 Å². The van der Waals surface area contributed by atoms with E-state index in [9.17, 15) is 4.79 Å². The highest BCUT2D eigenvalue weighted by Crippen LogP contribution is 2.26. The molecule has 2 aromatic heterocycles. The van der Waals surface area contributed by atoms with Crippen LogP contribution in [0.5, 0.6) is 0 Å². The topological polar surface area (TPSA) is 67.3 Å². The Bertz CT molecular complexity index is 712. The fraction of sp³-hybridized carbons (Fsp3) is 0.500. The molecule has 7 heteroatoms. The molecule has 1 amide bonds. The van der Waals surface area contributed by atoms with Crippen molar-refractivity contribution in [2.24, 2.45) is 0 Å². The summed E-state index contributed by atoms with van der Waals surface area (Å²) in [4.78, 5) is 24.1. The molecular weight excluding hydrogens is 336 g/mol. The minimum absolute atomic E-state index is 0.0590. The lowest BCUT2D eigenvalue weighted by molar-refractivity contribution is 0.0500. The van der Waals surface area contributed by atoms with Gasteiger partial charge in [-0.3, -0.25) is 0 Å². The van der Waals surface area contributed by atoms with Gasteiger partial charge >= 0.3 is 6.09 Å². The molecule has 0 radical (unpaired) electrons. The number of thiophene rings is 1. The maximum Gasteiger partial charge on any atom is 0.407 e. The van der Waals surface area contributed by atoms with Gasteiger partial charge in [0.2, 0.25) is 0 Å². The first kappa shape index (κ1) is 17.7. The molecule has 0 aromatic carbocycles. The second-order valence-electron chi connectivity index (χ2n) is 7.17. The first-order valence-electron chi connectivity index (χ1n) is 8.51. The molecule has 6 nitrogen and oxygen atoms in total. The Morgan fingerprint density at radius 2 is 2.24 bits per heavy atom. The van der Waals surface area contributed by atoms with E-state index >= 15 is 0 Å². The summed E-state index contributed by atoms with van der Waals surface area (Å²) >= 11 is 1.66. The van der Waals surface area contributed by atoms with Crippen LogP contribution in [0.25, 0.3) is 10.6 Å². The summed E-state index contributed by atoms with van der Waals surface area (Å²) < 4.78 is 5.36. The highest BCUT2D eigenvalue weighted by atomic mass is 32.1. The van der Waals surface area contributed by atoms with Gasteiger partial charge in [0.05, 0.1) is 10.6 Å². The molecule has 25 heavy (non-hydrogen) atoms. The molecule has 1 N–H and O–H groups in total. The summed E-state index contributed by atoms with van der Waals surface area (Å²) in [5.74, 6) is 0.897. The van der Waals surface area contributed by atoms with Gasteiger partial charge in [-0.25, -0.2) is 14.8 Å². The van der Waals surface area contributed by atoms with Gasteiger partial charge < -0.3 is 15.0 Å². The van der Waals surface area contributed by atoms with Gasteiger partial charge in [0.15, 0.2) is 0 Å². The monoisotopic (exact) mass is 360 g/mol. The van der Waals surface area contributed by atoms with E-state index < -0.39 is 5.60 Å². The van der Waals surface area contributed by atoms with E-state index in [2.05, 4.69) is 26.3 Å². The molecule has 0 saturated carbocycles. The fourth-order valence-electron chi connectivity index (χ4n) is 2.86. The molecule has 0 spiro atoms. The normalized spacial score (nSPS) is 18.0. The zero-order valence-electron chi connectivity index (χ0n) is 14.9. The summed E-state index contributed by atoms with van der Waals surface area (Å²) in [7, 11) is 0. The lowest BCUT2D eigenvalue weighted by Gasteiger charge is -2.34. The molecule has 3 heterocycles. The number of piperidine rings is 1. The average molecular weight is 360 g/mol. The minimum atomic E-state index is -0.485. The standard InChI is InChI=1S/C18H24N4O2S/c1-18(2,3)24-17(23)21-13-6-4-8-22(11-13)16-10-14(19-12-20-16)15-7-5-9-25-15/h5,7,9-10,12-13H,4,6,8,11H2,1-3H3,(H,21,23). The second kappa shape index (κ2) is 7.39. The highest BCUT2D eigenvalue weighted by molar-refractivity contribution is 7.13. The molecule has 1 aliphatic rings. The first-order chi connectivity index (χ1) is 11.9. The van der Waals surface area contributed by atoms with E-state index in [1.165, 1.54) is 0 Å². The summed E-state index contributed by atoms with van der Waals surface area (Å²) in [6.07, 6.45) is 3.19. The number of anilines is 1. The zero-order chi connectivity index (χ0) is 17.9. The van der Waals surface area contributed by atoms with E-state index in [4.69, 9.17) is 4.74 Å². The summed E-state index contributed by atoms with van der Waals surface area (Å²) in [5.41, 5.74) is 0.447. The number of hydrogen-bond donors (Lipinski definition) is 1. The van der Waals surface area contributed by atoms with Crippen molar-refractivity contribution in [3.8, 4) is 10.6 Å². The van der Waals surface area contributed by atoms with Crippen molar-refractivity contribution in [1.82, 2.24) is 15.3 Å². The van der Waals surface area contributed by atoms with E-state index in [1.54, 1.807) is 17.7 Å². The molecule has 1 fully saturated rings. The maximum absolute atomic E-state index is 12.0. The second-order valence-corrected chi connectivity index (χ2v) is 8.12. The van der Waals surface area contributed by atoms with Crippen LogP contribution in [-0.4, -0.2) is 40.8 Å². The predicted octanol–water partition coefficient (Wildman–Crippen LogP) is 3.70. The molecule has 1 saturated heterocycles. The van der Waals surface area contributed by atoms with Crippen molar-refractivity contribution in [3.05, 3.63) is 29.9 Å². The van der Waals surface area contributed by atoms with Crippen molar-refractivity contribution >= 4 is 23.2 Å². The third kappa shape index (κ3) is 4.92. The first-order valence-corrected chi connectivity index (χ1v) is 9.39. The Morgan fingerprint density at radius 1 is 1.40 bits per heavy atom. The van der Waals surface area contributed by atoms with Gasteiger partial charge in [-0.2, -0.15) is 0 Å². The van der Waals surface area contributed by atoms with Crippen molar-refractivity contribution in [2.45, 2.75) is 45.3 Å². The molecular formula is C18H24N4O2S. The van der Waals surface area contributed by atoms with Crippen molar-refractivity contribution in [2.75, 3.05) is 18.0 Å². The third-order valence-corrected chi connectivity index (χ3v) is 4.78. The van der Waals surface area contributed by atoms with Gasteiger partial charge in [-0.05, 0) is 45.1 Å². The van der Waals surface area contributed by atoms with E-state index in [0.29, 0.717) is 0 Å². The number of alkyl carbamates (subject to hydrolysis) is 1. The van der Waals surface area contributed by atoms with Crippen LogP contribution in [-0.2, 0) is 4.74 Å². The smallest absolute Gasteiger partial charge is 0.407 e. The Morgan fingerprint density at radius 3 is 2.96 bits per heavy atom. The largest absolute Gasteiger partial charge is 0.444 e. The quantitative estimate of drug-likeness (QED) is 0.904. The lowest BCUT2D eigenvalue weighted by atomic mass is 10.1. The molecule has 0 aliphatic carbocycles. The van der Waals surface area contributed by atoms with Crippen molar-refractivity contribution < 1.29 is 9.53 Å². The number of hydrogen-bond acceptors (Lipinski definition) is 6. The molecule has 0 bridgehead atoms. The van der Waals surface area contributed by atoms with E-state index in [0.717, 1.165) is 42.3 Å². The number of rotatable bonds is 3. The fourth-order valence-corrected chi connectivity index (χ4v) is 3.55. The van der Waals surface area contributed by atoms with E-state index in [-0.39, 0.29) is 12.1 Å². The van der Waals surface area contributed by atoms with Gasteiger partial charge in [0.25, 0.3) is 0 Å². The number of aromatic nitrogens is 2. The van der Waals surface area contributed by atoms with Crippen molar-refractivity contribution in [1.29, 1.82) is 0 Å².